The van der Waals surface area contributed by atoms with Crippen molar-refractivity contribution in [1.82, 2.24) is 19.9 Å². The molecule has 0 spiro atoms. The fraction of sp³-hybridized carbons (Fsp3) is 0.300. The van der Waals surface area contributed by atoms with Gasteiger partial charge in [0.1, 0.15) is 23.6 Å². The van der Waals surface area contributed by atoms with Gasteiger partial charge in [-0.2, -0.15) is 5.26 Å². The van der Waals surface area contributed by atoms with Gasteiger partial charge in [0.25, 0.3) is 0 Å². The molecule has 0 aliphatic carbocycles. The lowest BCUT2D eigenvalue weighted by atomic mass is 10.1. The Balaban J connectivity index is 1.54. The lowest BCUT2D eigenvalue weighted by Crippen LogP contribution is -2.55. The third kappa shape index (κ3) is 3.69. The van der Waals surface area contributed by atoms with Crippen LogP contribution in [-0.2, 0) is 0 Å². The first-order valence-electron chi connectivity index (χ1n) is 9.36. The Morgan fingerprint density at radius 1 is 1.31 bits per heavy atom. The largest absolute Gasteiger partial charge is 0.350 e. The highest BCUT2D eigenvalue weighted by Gasteiger charge is 2.28. The number of aryl methyl sites for hydroxylation is 1. The van der Waals surface area contributed by atoms with Gasteiger partial charge in [0.05, 0.1) is 5.39 Å². The van der Waals surface area contributed by atoms with E-state index in [0.29, 0.717) is 31.3 Å². The maximum Gasteiger partial charge on any atom is 0.214 e. The number of nitrogens with one attached hydrogen (secondary N) is 2. The number of aliphatic imine (C=N–C) groups is 1. The summed E-state index contributed by atoms with van der Waals surface area (Å²) < 4.78 is 13.2. The summed E-state index contributed by atoms with van der Waals surface area (Å²) in [5.41, 5.74) is 2.61. The summed E-state index contributed by atoms with van der Waals surface area (Å²) >= 11 is 0. The van der Waals surface area contributed by atoms with Gasteiger partial charge in [-0.15, -0.1) is 4.99 Å². The van der Waals surface area contributed by atoms with Crippen molar-refractivity contribution in [2.24, 2.45) is 4.99 Å². The van der Waals surface area contributed by atoms with Gasteiger partial charge in [0.15, 0.2) is 0 Å². The second kappa shape index (κ2) is 7.75. The zero-order valence-corrected chi connectivity index (χ0v) is 16.2. The van der Waals surface area contributed by atoms with Crippen molar-refractivity contribution in [3.63, 3.8) is 0 Å². The van der Waals surface area contributed by atoms with Gasteiger partial charge in [-0.3, -0.25) is 0 Å². The van der Waals surface area contributed by atoms with Gasteiger partial charge in [0, 0.05) is 37.6 Å². The van der Waals surface area contributed by atoms with Crippen molar-refractivity contribution >= 4 is 28.5 Å². The zero-order chi connectivity index (χ0) is 20.4. The molecule has 2 N–H and O–H groups in total. The highest BCUT2D eigenvalue weighted by molar-refractivity contribution is 5.95. The molecule has 1 aromatic carbocycles. The first-order valence-corrected chi connectivity index (χ1v) is 9.36. The van der Waals surface area contributed by atoms with Crippen molar-refractivity contribution in [2.75, 3.05) is 29.9 Å². The number of benzene rings is 1. The lowest BCUT2D eigenvalue weighted by Gasteiger charge is -2.41. The molecule has 8 nitrogen and oxygen atoms in total. The molecule has 0 bridgehead atoms. The minimum Gasteiger partial charge on any atom is -0.350 e. The third-order valence-corrected chi connectivity index (χ3v) is 5.10. The van der Waals surface area contributed by atoms with Gasteiger partial charge in [-0.1, -0.05) is 0 Å². The Morgan fingerprint density at radius 3 is 2.83 bits per heavy atom. The van der Waals surface area contributed by atoms with Gasteiger partial charge >= 0.3 is 0 Å². The first-order chi connectivity index (χ1) is 14.1. The standard InChI is InChI=1S/C20H21FN8/c1-13-9-23-18-17(13)19(26-12-25-18)29-8-7-28(10-14(29)2)20(24-11-22)27-16-5-3-15(21)4-6-16/h3-6,9,12,14H,7-8,10H2,1-2H3,(H,24,27)(H,23,25,26). The van der Waals surface area contributed by atoms with E-state index in [4.69, 9.17) is 5.26 Å². The summed E-state index contributed by atoms with van der Waals surface area (Å²) in [6.07, 6.45) is 5.37. The average Bonchev–Trinajstić information content (AvgIpc) is 3.10. The van der Waals surface area contributed by atoms with Crippen LogP contribution in [0.2, 0.25) is 0 Å². The minimum absolute atomic E-state index is 0.134. The summed E-state index contributed by atoms with van der Waals surface area (Å²) in [6.45, 7) is 6.19. The first kappa shape index (κ1) is 18.7. The molecule has 1 saturated heterocycles. The molecule has 3 heterocycles. The molecule has 3 aromatic rings. The molecular weight excluding hydrogens is 371 g/mol. The Bertz CT molecular complexity index is 1080. The van der Waals surface area contributed by atoms with Crippen LogP contribution in [-0.4, -0.2) is 51.5 Å². The van der Waals surface area contributed by atoms with Crippen LogP contribution < -0.4 is 10.2 Å². The maximum absolute atomic E-state index is 13.2. The number of rotatable bonds is 2. The van der Waals surface area contributed by atoms with Crippen molar-refractivity contribution in [3.8, 4) is 6.19 Å². The molecule has 148 valence electrons. The van der Waals surface area contributed by atoms with E-state index in [0.717, 1.165) is 22.4 Å². The number of nitriles is 1. The van der Waals surface area contributed by atoms with Crippen LogP contribution in [0.25, 0.3) is 11.0 Å². The number of aromatic amines is 1. The highest BCUT2D eigenvalue weighted by Crippen LogP contribution is 2.28. The fourth-order valence-electron chi connectivity index (χ4n) is 3.67. The Kier molecular flexibility index (Phi) is 4.99. The van der Waals surface area contributed by atoms with Crippen molar-refractivity contribution in [1.29, 1.82) is 5.26 Å². The highest BCUT2D eigenvalue weighted by atomic mass is 19.1. The summed E-state index contributed by atoms with van der Waals surface area (Å²) in [7, 11) is 0. The number of hydrogen-bond donors (Lipinski definition) is 2. The number of piperazine rings is 1. The monoisotopic (exact) mass is 392 g/mol. The second-order valence-corrected chi connectivity index (χ2v) is 7.05. The minimum atomic E-state index is -0.312. The average molecular weight is 392 g/mol. The van der Waals surface area contributed by atoms with E-state index >= 15 is 0 Å². The predicted molar refractivity (Wildman–Crippen MR) is 110 cm³/mol. The van der Waals surface area contributed by atoms with Crippen molar-refractivity contribution in [2.45, 2.75) is 19.9 Å². The Labute approximate surface area is 167 Å². The number of anilines is 2. The van der Waals surface area contributed by atoms with Gasteiger partial charge < -0.3 is 20.1 Å². The van der Waals surface area contributed by atoms with Crippen LogP contribution in [0.4, 0.5) is 15.9 Å². The maximum atomic E-state index is 13.2. The van der Waals surface area contributed by atoms with Crippen LogP contribution >= 0.6 is 0 Å². The molecule has 9 heteroatoms. The number of H-pyrrole nitrogens is 1. The van der Waals surface area contributed by atoms with E-state index in [-0.39, 0.29) is 11.9 Å². The molecule has 0 radical (unpaired) electrons. The molecule has 29 heavy (non-hydrogen) atoms. The molecule has 1 atom stereocenters. The zero-order valence-electron chi connectivity index (χ0n) is 16.2. The van der Waals surface area contributed by atoms with E-state index in [1.54, 1.807) is 18.5 Å². The van der Waals surface area contributed by atoms with E-state index in [2.05, 4.69) is 37.1 Å². The normalized spacial score (nSPS) is 17.4. The Morgan fingerprint density at radius 2 is 2.10 bits per heavy atom. The van der Waals surface area contributed by atoms with E-state index in [1.165, 1.54) is 12.1 Å². The number of halogens is 1. The molecular formula is C20H21FN8. The smallest absolute Gasteiger partial charge is 0.214 e. The van der Waals surface area contributed by atoms with Crippen LogP contribution in [0.3, 0.4) is 0 Å². The van der Waals surface area contributed by atoms with Crippen molar-refractivity contribution in [3.05, 3.63) is 48.2 Å². The molecule has 1 aliphatic heterocycles. The number of fused-ring (bicyclic) bond motifs is 1. The fourth-order valence-corrected chi connectivity index (χ4v) is 3.67. The number of nitrogens with zero attached hydrogens (tertiary/aromatic N) is 6. The summed E-state index contributed by atoms with van der Waals surface area (Å²) in [5, 5.41) is 13.3. The number of guanidine groups is 1. The summed E-state index contributed by atoms with van der Waals surface area (Å²) in [6, 6.07) is 6.11. The van der Waals surface area contributed by atoms with Crippen molar-refractivity contribution < 1.29 is 4.39 Å². The van der Waals surface area contributed by atoms with E-state index in [9.17, 15) is 4.39 Å². The van der Waals surface area contributed by atoms with Crippen LogP contribution in [0.1, 0.15) is 12.5 Å². The van der Waals surface area contributed by atoms with E-state index < -0.39 is 0 Å². The SMILES string of the molecule is Cc1c[nH]c2ncnc(N3CCN(C(=NC#N)Nc4ccc(F)cc4)CC3C)c12. The lowest BCUT2D eigenvalue weighted by molar-refractivity contribution is 0.336. The quantitative estimate of drug-likeness (QED) is 0.396. The van der Waals surface area contributed by atoms with E-state index in [1.807, 2.05) is 24.2 Å². The number of hydrogen-bond acceptors (Lipinski definition) is 5. The molecule has 0 amide bonds. The van der Waals surface area contributed by atoms with Crippen LogP contribution in [0, 0.1) is 24.2 Å². The molecule has 1 fully saturated rings. The molecule has 4 rings (SSSR count). The van der Waals surface area contributed by atoms with Gasteiger partial charge in [-0.25, -0.2) is 14.4 Å². The van der Waals surface area contributed by atoms with Crippen LogP contribution in [0.5, 0.6) is 0 Å². The Hall–Kier alpha value is -3.67. The third-order valence-electron chi connectivity index (χ3n) is 5.10. The molecule has 1 aliphatic rings. The predicted octanol–water partition coefficient (Wildman–Crippen LogP) is 2.87. The second-order valence-electron chi connectivity index (χ2n) is 7.05. The molecule has 1 unspecified atom stereocenters. The van der Waals surface area contributed by atoms with Gasteiger partial charge in [-0.05, 0) is 43.7 Å². The summed E-state index contributed by atoms with van der Waals surface area (Å²) in [4.78, 5) is 20.2. The molecule has 0 saturated carbocycles. The van der Waals surface area contributed by atoms with Crippen LogP contribution in [0.15, 0.2) is 41.8 Å². The topological polar surface area (TPSA) is 96.2 Å². The van der Waals surface area contributed by atoms with Gasteiger partial charge in [0.2, 0.25) is 12.2 Å². The number of aromatic nitrogens is 3. The molecule has 2 aromatic heterocycles. The summed E-state index contributed by atoms with van der Waals surface area (Å²) in [5.74, 6) is 1.05.